The lowest BCUT2D eigenvalue weighted by Crippen LogP contribution is -2.33. The number of nitrogens with zero attached hydrogens (tertiary/aromatic N) is 1. The van der Waals surface area contributed by atoms with Crippen LogP contribution in [0.4, 0.5) is 5.69 Å². The number of sulfone groups is 1. The fourth-order valence-electron chi connectivity index (χ4n) is 2.33. The smallest absolute Gasteiger partial charge is 0.236 e. The molecular weight excluding hydrogens is 312 g/mol. The fourth-order valence-corrected chi connectivity index (χ4v) is 5.45. The van der Waals surface area contributed by atoms with Crippen molar-refractivity contribution in [3.8, 4) is 0 Å². The Kier molecular flexibility index (Phi) is 4.32. The van der Waals surface area contributed by atoms with Crippen molar-refractivity contribution in [2.75, 3.05) is 28.6 Å². The highest BCUT2D eigenvalue weighted by atomic mass is 32.2. The molecule has 0 aliphatic carbocycles. The minimum Gasteiger partial charge on any atom is -0.324 e. The fraction of sp³-hybridized carbons (Fsp3) is 0.538. The molecule has 6 nitrogen and oxygen atoms in total. The van der Waals surface area contributed by atoms with E-state index in [1.807, 2.05) is 19.1 Å². The van der Waals surface area contributed by atoms with E-state index in [1.54, 1.807) is 6.07 Å². The normalized spacial score (nSPS) is 16.8. The van der Waals surface area contributed by atoms with Gasteiger partial charge in [-0.25, -0.2) is 16.8 Å². The first-order chi connectivity index (χ1) is 9.60. The topological polar surface area (TPSA) is 97.5 Å². The number of fused-ring (bicyclic) bond motifs is 1. The predicted octanol–water partition coefficient (Wildman–Crippen LogP) is 0.443. The van der Waals surface area contributed by atoms with Gasteiger partial charge in [-0.2, -0.15) is 0 Å². The van der Waals surface area contributed by atoms with Crippen molar-refractivity contribution in [2.45, 2.75) is 19.4 Å². The number of benzene rings is 1. The summed E-state index contributed by atoms with van der Waals surface area (Å²) in [6.07, 6.45) is 1.66. The molecule has 8 heteroatoms. The molecule has 2 rings (SSSR count). The lowest BCUT2D eigenvalue weighted by molar-refractivity contribution is 0.587. The number of nitrogens with two attached hydrogens (primary N) is 1. The molecule has 0 aromatic heterocycles. The lowest BCUT2D eigenvalue weighted by atomic mass is 10.0. The number of sulfonamides is 1. The predicted molar refractivity (Wildman–Crippen MR) is 83.6 cm³/mol. The zero-order valence-corrected chi connectivity index (χ0v) is 13.7. The van der Waals surface area contributed by atoms with Crippen LogP contribution in [0.25, 0.3) is 0 Å². The summed E-state index contributed by atoms with van der Waals surface area (Å²) in [6.45, 7) is 2.22. The van der Waals surface area contributed by atoms with Gasteiger partial charge in [0.2, 0.25) is 10.0 Å². The molecule has 0 bridgehead atoms. The quantitative estimate of drug-likeness (QED) is 0.844. The Balaban J connectivity index is 2.26. The number of anilines is 1. The second-order valence-corrected chi connectivity index (χ2v) is 9.72. The third-order valence-electron chi connectivity index (χ3n) is 3.53. The molecule has 1 atom stereocenters. The monoisotopic (exact) mass is 332 g/mol. The van der Waals surface area contributed by atoms with E-state index in [1.165, 1.54) is 4.31 Å². The number of hydrogen-bond acceptors (Lipinski definition) is 5. The SMILES string of the molecule is CC(N)c1ccc2c(c1)CCN2S(=O)(=O)CCS(C)(=O)=O. The van der Waals surface area contributed by atoms with Crippen LogP contribution in [0.3, 0.4) is 0 Å². The Hall–Kier alpha value is -1.12. The zero-order valence-electron chi connectivity index (χ0n) is 12.1. The van der Waals surface area contributed by atoms with Crippen molar-refractivity contribution >= 4 is 25.5 Å². The maximum atomic E-state index is 12.3. The molecule has 1 heterocycles. The van der Waals surface area contributed by atoms with Gasteiger partial charge in [0.25, 0.3) is 0 Å². The van der Waals surface area contributed by atoms with E-state index in [0.717, 1.165) is 17.4 Å². The van der Waals surface area contributed by atoms with Gasteiger partial charge in [-0.3, -0.25) is 4.31 Å². The van der Waals surface area contributed by atoms with Gasteiger partial charge in [-0.1, -0.05) is 12.1 Å². The maximum absolute atomic E-state index is 12.3. The van der Waals surface area contributed by atoms with Crippen molar-refractivity contribution < 1.29 is 16.8 Å². The molecule has 1 aromatic rings. The third-order valence-corrected chi connectivity index (χ3v) is 6.51. The molecule has 1 aromatic carbocycles. The molecule has 0 amide bonds. The molecule has 1 aliphatic heterocycles. The maximum Gasteiger partial charge on any atom is 0.236 e. The van der Waals surface area contributed by atoms with Gasteiger partial charge in [0.1, 0.15) is 9.84 Å². The summed E-state index contributed by atoms with van der Waals surface area (Å²) in [5.74, 6) is -0.751. The Labute approximate surface area is 125 Å². The van der Waals surface area contributed by atoms with Crippen LogP contribution in [0.5, 0.6) is 0 Å². The number of rotatable bonds is 5. The molecule has 118 valence electrons. The van der Waals surface area contributed by atoms with Crippen molar-refractivity contribution in [1.82, 2.24) is 0 Å². The van der Waals surface area contributed by atoms with E-state index in [2.05, 4.69) is 0 Å². The van der Waals surface area contributed by atoms with Crippen LogP contribution in [-0.4, -0.2) is 41.1 Å². The summed E-state index contributed by atoms with van der Waals surface area (Å²) in [6, 6.07) is 5.38. The first kappa shape index (κ1) is 16.3. The van der Waals surface area contributed by atoms with Crippen molar-refractivity contribution in [3.63, 3.8) is 0 Å². The Morgan fingerprint density at radius 1 is 1.24 bits per heavy atom. The molecule has 21 heavy (non-hydrogen) atoms. The summed E-state index contributed by atoms with van der Waals surface area (Å²) in [5, 5.41) is 0. The summed E-state index contributed by atoms with van der Waals surface area (Å²) in [7, 11) is -6.92. The van der Waals surface area contributed by atoms with Crippen molar-refractivity contribution in [1.29, 1.82) is 0 Å². The van der Waals surface area contributed by atoms with Crippen LogP contribution >= 0.6 is 0 Å². The van der Waals surface area contributed by atoms with Crippen LogP contribution in [0, 0.1) is 0 Å². The van der Waals surface area contributed by atoms with Gasteiger partial charge in [0.05, 0.1) is 17.2 Å². The van der Waals surface area contributed by atoms with E-state index in [9.17, 15) is 16.8 Å². The van der Waals surface area contributed by atoms with Crippen LogP contribution in [0.1, 0.15) is 24.1 Å². The Morgan fingerprint density at radius 2 is 1.90 bits per heavy atom. The average molecular weight is 332 g/mol. The zero-order chi connectivity index (χ0) is 15.8. The largest absolute Gasteiger partial charge is 0.324 e. The van der Waals surface area contributed by atoms with Gasteiger partial charge in [0.15, 0.2) is 0 Å². The van der Waals surface area contributed by atoms with Gasteiger partial charge < -0.3 is 5.73 Å². The molecule has 0 fully saturated rings. The Morgan fingerprint density at radius 3 is 2.48 bits per heavy atom. The first-order valence-corrected chi connectivity index (χ1v) is 10.3. The first-order valence-electron chi connectivity index (χ1n) is 6.67. The Bertz CT molecular complexity index is 739. The molecular formula is C13H20N2O4S2. The number of hydrogen-bond donors (Lipinski definition) is 1. The molecule has 2 N–H and O–H groups in total. The van der Waals surface area contributed by atoms with Crippen LogP contribution in [-0.2, 0) is 26.3 Å². The second-order valence-electron chi connectivity index (χ2n) is 5.44. The van der Waals surface area contributed by atoms with Gasteiger partial charge >= 0.3 is 0 Å². The van der Waals surface area contributed by atoms with E-state index in [-0.39, 0.29) is 17.5 Å². The second kappa shape index (κ2) is 5.58. The van der Waals surface area contributed by atoms with Gasteiger partial charge in [-0.05, 0) is 30.5 Å². The molecule has 0 saturated heterocycles. The van der Waals surface area contributed by atoms with Gasteiger partial charge in [0, 0.05) is 18.8 Å². The highest BCUT2D eigenvalue weighted by Gasteiger charge is 2.30. The lowest BCUT2D eigenvalue weighted by Gasteiger charge is -2.19. The highest BCUT2D eigenvalue weighted by molar-refractivity contribution is 7.95. The summed E-state index contributed by atoms with van der Waals surface area (Å²) in [4.78, 5) is 0. The van der Waals surface area contributed by atoms with E-state index in [4.69, 9.17) is 5.73 Å². The minimum absolute atomic E-state index is 0.105. The molecule has 1 unspecified atom stereocenters. The third kappa shape index (κ3) is 3.75. The molecule has 1 aliphatic rings. The van der Waals surface area contributed by atoms with Crippen molar-refractivity contribution in [2.24, 2.45) is 5.73 Å². The molecule has 0 saturated carbocycles. The highest BCUT2D eigenvalue weighted by Crippen LogP contribution is 2.32. The summed E-state index contributed by atoms with van der Waals surface area (Å²) in [5.41, 5.74) is 8.36. The van der Waals surface area contributed by atoms with Crippen LogP contribution in [0.2, 0.25) is 0 Å². The molecule has 0 radical (unpaired) electrons. The van der Waals surface area contributed by atoms with Gasteiger partial charge in [-0.15, -0.1) is 0 Å². The van der Waals surface area contributed by atoms with Crippen LogP contribution in [0.15, 0.2) is 18.2 Å². The van der Waals surface area contributed by atoms with E-state index >= 15 is 0 Å². The van der Waals surface area contributed by atoms with Crippen molar-refractivity contribution in [3.05, 3.63) is 29.3 Å². The van der Waals surface area contributed by atoms with E-state index in [0.29, 0.717) is 18.7 Å². The standard InChI is InChI=1S/C13H20N2O4S2/c1-10(14)11-3-4-13-12(9-11)5-6-15(13)21(18,19)8-7-20(2,16)17/h3-4,9-10H,5-8,14H2,1-2H3. The average Bonchev–Trinajstić information content (AvgIpc) is 2.79. The molecule has 0 spiro atoms. The van der Waals surface area contributed by atoms with E-state index < -0.39 is 19.9 Å². The van der Waals surface area contributed by atoms with Crippen LogP contribution < -0.4 is 10.0 Å². The summed E-state index contributed by atoms with van der Waals surface area (Å²) < 4.78 is 48.2. The summed E-state index contributed by atoms with van der Waals surface area (Å²) >= 11 is 0. The minimum atomic E-state index is -3.62.